The van der Waals surface area contributed by atoms with Crippen LogP contribution in [-0.2, 0) is 0 Å². The van der Waals surface area contributed by atoms with Gasteiger partial charge in [-0.05, 0) is 25.0 Å². The van der Waals surface area contributed by atoms with Crippen molar-refractivity contribution >= 4 is 6.08 Å². The second-order valence-electron chi connectivity index (χ2n) is 3.17. The van der Waals surface area contributed by atoms with E-state index in [0.29, 0.717) is 0 Å². The molecule has 0 saturated heterocycles. The van der Waals surface area contributed by atoms with Crippen LogP contribution in [0.25, 0.3) is 6.08 Å². The van der Waals surface area contributed by atoms with Crippen LogP contribution < -0.4 is 0 Å². The molecule has 0 nitrogen and oxygen atoms in total. The van der Waals surface area contributed by atoms with Gasteiger partial charge in [-0.1, -0.05) is 35.4 Å². The lowest BCUT2D eigenvalue weighted by Gasteiger charge is -1.98. The van der Waals surface area contributed by atoms with Crippen LogP contribution in [0.15, 0.2) is 23.8 Å². The fourth-order valence-electron chi connectivity index (χ4n) is 1.48. The molecule has 1 aromatic rings. The van der Waals surface area contributed by atoms with Crippen molar-refractivity contribution in [3.8, 4) is 0 Å². The molecule has 0 aromatic heterocycles. The van der Waals surface area contributed by atoms with Gasteiger partial charge in [0.25, 0.3) is 0 Å². The molecule has 1 aliphatic carbocycles. The quantitative estimate of drug-likeness (QED) is 0.523. The molecule has 1 aliphatic rings. The highest BCUT2D eigenvalue weighted by Gasteiger charge is 2.08. The number of aryl methyl sites for hydroxylation is 1. The van der Waals surface area contributed by atoms with Crippen molar-refractivity contribution in [2.75, 3.05) is 0 Å². The van der Waals surface area contributed by atoms with E-state index in [1.165, 1.54) is 22.3 Å². The molecular formula is C11H11. The van der Waals surface area contributed by atoms with E-state index in [1.807, 2.05) is 0 Å². The van der Waals surface area contributed by atoms with Crippen LogP contribution in [0.4, 0.5) is 0 Å². The average Bonchev–Trinajstić information content (AvgIpc) is 2.27. The second-order valence-corrected chi connectivity index (χ2v) is 3.17. The number of benzene rings is 1. The van der Waals surface area contributed by atoms with E-state index >= 15 is 0 Å². The van der Waals surface area contributed by atoms with E-state index in [0.717, 1.165) is 0 Å². The smallest absolute Gasteiger partial charge is 0.0161 e. The molecule has 0 spiro atoms. The number of hydrogen-bond acceptors (Lipinski definition) is 0. The first-order valence-corrected chi connectivity index (χ1v) is 3.89. The van der Waals surface area contributed by atoms with Gasteiger partial charge in [0.2, 0.25) is 0 Å². The normalized spacial score (nSPS) is 14.5. The number of rotatable bonds is 0. The minimum Gasteiger partial charge on any atom is -0.0643 e. The van der Waals surface area contributed by atoms with Gasteiger partial charge in [0.05, 0.1) is 0 Å². The fourth-order valence-corrected chi connectivity index (χ4v) is 1.48. The van der Waals surface area contributed by atoms with Crippen LogP contribution in [0.2, 0.25) is 0 Å². The van der Waals surface area contributed by atoms with E-state index in [1.54, 1.807) is 0 Å². The third kappa shape index (κ3) is 1.09. The van der Waals surface area contributed by atoms with Gasteiger partial charge in [-0.15, -0.1) is 0 Å². The lowest BCUT2D eigenvalue weighted by Crippen LogP contribution is -1.81. The molecule has 1 radical (unpaired) electrons. The summed E-state index contributed by atoms with van der Waals surface area (Å²) < 4.78 is 0. The second kappa shape index (κ2) is 2.23. The lowest BCUT2D eigenvalue weighted by molar-refractivity contribution is 1.39. The summed E-state index contributed by atoms with van der Waals surface area (Å²) in [7, 11) is 0. The Kier molecular flexibility index (Phi) is 1.35. The molecule has 0 amide bonds. The van der Waals surface area contributed by atoms with Crippen molar-refractivity contribution in [3.63, 3.8) is 0 Å². The average molecular weight is 143 g/mol. The van der Waals surface area contributed by atoms with Crippen molar-refractivity contribution in [2.45, 2.75) is 13.8 Å². The summed E-state index contributed by atoms with van der Waals surface area (Å²) in [5.41, 5.74) is 5.41. The van der Waals surface area contributed by atoms with Gasteiger partial charge in [-0.3, -0.25) is 0 Å². The molecule has 11 heavy (non-hydrogen) atoms. The summed E-state index contributed by atoms with van der Waals surface area (Å²) >= 11 is 0. The Morgan fingerprint density at radius 1 is 1.00 bits per heavy atom. The molecule has 0 fully saturated rings. The molecule has 2 rings (SSSR count). The maximum atomic E-state index is 2.22. The van der Waals surface area contributed by atoms with Crippen LogP contribution >= 0.6 is 0 Å². The molecule has 0 N–H and O–H groups in total. The van der Waals surface area contributed by atoms with Crippen LogP contribution in [0.3, 0.4) is 0 Å². The molecule has 1 aromatic carbocycles. The Balaban J connectivity index is 2.52. The minimum absolute atomic E-state index is 1.34. The molecule has 0 heteroatoms. The lowest BCUT2D eigenvalue weighted by atomic mass is 10.1. The van der Waals surface area contributed by atoms with E-state index in [2.05, 4.69) is 44.5 Å². The zero-order valence-corrected chi connectivity index (χ0v) is 6.89. The summed E-state index contributed by atoms with van der Waals surface area (Å²) in [5.74, 6) is 0. The summed E-state index contributed by atoms with van der Waals surface area (Å²) in [6, 6.07) is 6.56. The first kappa shape index (κ1) is 6.66. The topological polar surface area (TPSA) is 0 Å². The first-order chi connectivity index (χ1) is 5.25. The van der Waals surface area contributed by atoms with Crippen LogP contribution in [0.1, 0.15) is 23.6 Å². The Hall–Kier alpha value is -1.04. The molecular weight excluding hydrogens is 132 g/mol. The van der Waals surface area contributed by atoms with E-state index in [9.17, 15) is 0 Å². The Labute approximate surface area is 67.6 Å². The monoisotopic (exact) mass is 143 g/mol. The largest absolute Gasteiger partial charge is 0.0643 e. The third-order valence-corrected chi connectivity index (χ3v) is 2.01. The van der Waals surface area contributed by atoms with Gasteiger partial charge in [0.15, 0.2) is 0 Å². The maximum absolute atomic E-state index is 2.22. The van der Waals surface area contributed by atoms with E-state index in [-0.39, 0.29) is 0 Å². The summed E-state index contributed by atoms with van der Waals surface area (Å²) in [4.78, 5) is 0. The molecule has 0 aliphatic heterocycles. The SMILES string of the molecule is CC1=Cc2ccc(C)cc2[CH]1. The third-order valence-electron chi connectivity index (χ3n) is 2.01. The van der Waals surface area contributed by atoms with Gasteiger partial charge >= 0.3 is 0 Å². The molecule has 55 valence electrons. The van der Waals surface area contributed by atoms with Crippen LogP contribution in [0.5, 0.6) is 0 Å². The first-order valence-electron chi connectivity index (χ1n) is 3.89. The standard InChI is InChI=1S/C11H11/c1-8-3-4-10-6-9(2)7-11(10)5-8/h3-7H,1-2H3. The van der Waals surface area contributed by atoms with Gasteiger partial charge < -0.3 is 0 Å². The zero-order valence-electron chi connectivity index (χ0n) is 6.89. The van der Waals surface area contributed by atoms with Gasteiger partial charge in [-0.25, -0.2) is 0 Å². The van der Waals surface area contributed by atoms with Crippen LogP contribution in [0, 0.1) is 13.3 Å². The van der Waals surface area contributed by atoms with Crippen molar-refractivity contribution in [1.29, 1.82) is 0 Å². The predicted molar refractivity (Wildman–Crippen MR) is 48.2 cm³/mol. The minimum atomic E-state index is 1.34. The number of fused-ring (bicyclic) bond motifs is 1. The molecule has 0 bridgehead atoms. The van der Waals surface area contributed by atoms with E-state index < -0.39 is 0 Å². The summed E-state index contributed by atoms with van der Waals surface area (Å²) in [6.07, 6.45) is 4.44. The van der Waals surface area contributed by atoms with Crippen molar-refractivity contribution in [2.24, 2.45) is 0 Å². The van der Waals surface area contributed by atoms with Crippen molar-refractivity contribution < 1.29 is 0 Å². The highest BCUT2D eigenvalue weighted by molar-refractivity contribution is 5.68. The zero-order chi connectivity index (χ0) is 7.84. The molecule has 0 saturated carbocycles. The van der Waals surface area contributed by atoms with Gasteiger partial charge in [0, 0.05) is 6.42 Å². The van der Waals surface area contributed by atoms with E-state index in [4.69, 9.17) is 0 Å². The molecule has 0 unspecified atom stereocenters. The molecule has 0 atom stereocenters. The summed E-state index contributed by atoms with van der Waals surface area (Å²) in [5, 5.41) is 0. The number of allylic oxidation sites excluding steroid dienone is 1. The van der Waals surface area contributed by atoms with Gasteiger partial charge in [-0.2, -0.15) is 0 Å². The Bertz CT molecular complexity index is 319. The van der Waals surface area contributed by atoms with Crippen molar-refractivity contribution in [3.05, 3.63) is 46.9 Å². The fraction of sp³-hybridized carbons (Fsp3) is 0.182. The Morgan fingerprint density at radius 2 is 1.82 bits per heavy atom. The highest BCUT2D eigenvalue weighted by atomic mass is 14.1. The predicted octanol–water partition coefficient (Wildman–Crippen LogP) is 2.96. The van der Waals surface area contributed by atoms with Crippen molar-refractivity contribution in [1.82, 2.24) is 0 Å². The van der Waals surface area contributed by atoms with Gasteiger partial charge in [0.1, 0.15) is 0 Å². The Morgan fingerprint density at radius 3 is 2.64 bits per heavy atom. The maximum Gasteiger partial charge on any atom is 0.0161 e. The van der Waals surface area contributed by atoms with Crippen LogP contribution in [-0.4, -0.2) is 0 Å². The molecule has 0 heterocycles. The highest BCUT2D eigenvalue weighted by Crippen LogP contribution is 2.26. The number of hydrogen-bond donors (Lipinski definition) is 0. The summed E-state index contributed by atoms with van der Waals surface area (Å²) in [6.45, 7) is 4.26.